The van der Waals surface area contributed by atoms with Crippen molar-refractivity contribution >= 4 is 18.4 Å². The van der Waals surface area contributed by atoms with E-state index in [0.29, 0.717) is 12.0 Å². The van der Waals surface area contributed by atoms with Gasteiger partial charge in [0.25, 0.3) is 0 Å². The number of hydrogen-bond donors (Lipinski definition) is 1. The third kappa shape index (κ3) is 2.72. The summed E-state index contributed by atoms with van der Waals surface area (Å²) in [6, 6.07) is 0. The average Bonchev–Trinajstić information content (AvgIpc) is 2.56. The van der Waals surface area contributed by atoms with Crippen LogP contribution < -0.4 is 0 Å². The van der Waals surface area contributed by atoms with Crippen molar-refractivity contribution in [2.24, 2.45) is 0 Å². The first kappa shape index (κ1) is 9.37. The SMILES string of the molecule is O=C(CCCCS)C1=C=CC=C1. The first-order chi connectivity index (χ1) is 5.84. The Morgan fingerprint density at radius 2 is 2.33 bits per heavy atom. The summed E-state index contributed by atoms with van der Waals surface area (Å²) in [5, 5.41) is 0. The van der Waals surface area contributed by atoms with Crippen molar-refractivity contribution in [1.82, 2.24) is 0 Å². The van der Waals surface area contributed by atoms with Gasteiger partial charge in [0, 0.05) is 6.42 Å². The van der Waals surface area contributed by atoms with E-state index in [4.69, 9.17) is 0 Å². The molecular formula is C10H12OS. The lowest BCUT2D eigenvalue weighted by Crippen LogP contribution is -1.98. The predicted octanol–water partition coefficient (Wildman–Crippen LogP) is 2.31. The van der Waals surface area contributed by atoms with Crippen molar-refractivity contribution in [3.63, 3.8) is 0 Å². The zero-order chi connectivity index (χ0) is 8.81. The minimum absolute atomic E-state index is 0.196. The molecule has 1 rings (SSSR count). The summed E-state index contributed by atoms with van der Waals surface area (Å²) in [7, 11) is 0. The van der Waals surface area contributed by atoms with Crippen molar-refractivity contribution in [3.05, 3.63) is 29.5 Å². The molecule has 1 nitrogen and oxygen atoms in total. The van der Waals surface area contributed by atoms with Crippen molar-refractivity contribution < 1.29 is 4.79 Å². The van der Waals surface area contributed by atoms with Crippen LogP contribution in [0.3, 0.4) is 0 Å². The van der Waals surface area contributed by atoms with Gasteiger partial charge in [-0.25, -0.2) is 0 Å². The van der Waals surface area contributed by atoms with Gasteiger partial charge < -0.3 is 0 Å². The van der Waals surface area contributed by atoms with Crippen molar-refractivity contribution in [2.75, 3.05) is 5.75 Å². The Labute approximate surface area is 78.3 Å². The molecule has 1 aliphatic carbocycles. The molecular weight excluding hydrogens is 168 g/mol. The fourth-order valence-corrected chi connectivity index (χ4v) is 1.26. The molecule has 0 radical (unpaired) electrons. The summed E-state index contributed by atoms with van der Waals surface area (Å²) in [6.45, 7) is 0. The quantitative estimate of drug-likeness (QED) is 0.390. The maximum atomic E-state index is 11.3. The zero-order valence-electron chi connectivity index (χ0n) is 6.92. The Hall–Kier alpha value is -0.720. The molecule has 0 unspecified atom stereocenters. The molecule has 0 atom stereocenters. The van der Waals surface area contributed by atoms with E-state index < -0.39 is 0 Å². The molecule has 0 aromatic carbocycles. The molecule has 64 valence electrons. The van der Waals surface area contributed by atoms with Crippen LogP contribution in [0.4, 0.5) is 0 Å². The second-order valence-electron chi connectivity index (χ2n) is 2.69. The first-order valence-electron chi connectivity index (χ1n) is 4.12. The number of thiol groups is 1. The maximum absolute atomic E-state index is 11.3. The number of Topliss-reactive ketones (excluding diaryl/α,β-unsaturated/α-hetero) is 1. The summed E-state index contributed by atoms with van der Waals surface area (Å²) in [6.07, 6.45) is 7.98. The molecule has 2 heteroatoms. The van der Waals surface area contributed by atoms with Crippen LogP contribution >= 0.6 is 12.6 Å². The lowest BCUT2D eigenvalue weighted by atomic mass is 10.1. The largest absolute Gasteiger partial charge is 0.293 e. The van der Waals surface area contributed by atoms with Gasteiger partial charge in [-0.1, -0.05) is 6.08 Å². The molecule has 1 aliphatic rings. The van der Waals surface area contributed by atoms with E-state index in [9.17, 15) is 4.79 Å². The Balaban J connectivity index is 2.29. The number of rotatable bonds is 5. The van der Waals surface area contributed by atoms with Crippen LogP contribution in [0.5, 0.6) is 0 Å². The highest BCUT2D eigenvalue weighted by atomic mass is 32.1. The third-order valence-corrected chi connectivity index (χ3v) is 2.03. The standard InChI is InChI=1S/C10H12OS/c11-10(7-3-4-8-12)9-5-1-2-6-9/h1-2,5,12H,3-4,7-8H2. The van der Waals surface area contributed by atoms with E-state index in [1.165, 1.54) is 0 Å². The minimum atomic E-state index is 0.196. The Morgan fingerprint density at radius 3 is 2.92 bits per heavy atom. The van der Waals surface area contributed by atoms with E-state index in [0.717, 1.165) is 18.6 Å². The number of hydrogen-bond acceptors (Lipinski definition) is 2. The zero-order valence-corrected chi connectivity index (χ0v) is 7.81. The monoisotopic (exact) mass is 180 g/mol. The number of unbranched alkanes of at least 4 members (excludes halogenated alkanes) is 1. The molecule has 0 N–H and O–H groups in total. The molecule has 0 saturated carbocycles. The first-order valence-corrected chi connectivity index (χ1v) is 4.75. The second kappa shape index (κ2) is 5.02. The number of allylic oxidation sites excluding steroid dienone is 3. The van der Waals surface area contributed by atoms with E-state index in [1.807, 2.05) is 12.2 Å². The van der Waals surface area contributed by atoms with E-state index in [2.05, 4.69) is 18.4 Å². The lowest BCUT2D eigenvalue weighted by Gasteiger charge is -1.96. The maximum Gasteiger partial charge on any atom is 0.170 e. The number of ketones is 1. The Morgan fingerprint density at radius 1 is 1.50 bits per heavy atom. The average molecular weight is 180 g/mol. The van der Waals surface area contributed by atoms with Gasteiger partial charge in [0.2, 0.25) is 0 Å². The molecule has 0 aliphatic heterocycles. The van der Waals surface area contributed by atoms with Crippen LogP contribution in [0.25, 0.3) is 0 Å². The van der Waals surface area contributed by atoms with Crippen LogP contribution in [0.1, 0.15) is 19.3 Å². The van der Waals surface area contributed by atoms with Crippen LogP contribution in [0, 0.1) is 0 Å². The van der Waals surface area contributed by atoms with Crippen molar-refractivity contribution in [2.45, 2.75) is 19.3 Å². The highest BCUT2D eigenvalue weighted by molar-refractivity contribution is 7.80. The van der Waals surface area contributed by atoms with E-state index in [1.54, 1.807) is 6.08 Å². The van der Waals surface area contributed by atoms with Gasteiger partial charge in [-0.15, -0.1) is 5.73 Å². The van der Waals surface area contributed by atoms with Gasteiger partial charge in [-0.2, -0.15) is 12.6 Å². The molecule has 0 fully saturated rings. The number of carbonyl (C=O) groups excluding carboxylic acids is 1. The van der Waals surface area contributed by atoms with Crippen LogP contribution in [0.2, 0.25) is 0 Å². The normalized spacial score (nSPS) is 13.6. The molecule has 0 bridgehead atoms. The van der Waals surface area contributed by atoms with Gasteiger partial charge in [-0.3, -0.25) is 4.79 Å². The summed E-state index contributed by atoms with van der Waals surface area (Å²) in [4.78, 5) is 11.3. The van der Waals surface area contributed by atoms with Crippen LogP contribution in [-0.4, -0.2) is 11.5 Å². The van der Waals surface area contributed by atoms with Gasteiger partial charge in [0.05, 0.1) is 5.57 Å². The van der Waals surface area contributed by atoms with Crippen molar-refractivity contribution in [1.29, 1.82) is 0 Å². The van der Waals surface area contributed by atoms with Gasteiger partial charge in [-0.05, 0) is 30.7 Å². The molecule has 0 saturated heterocycles. The van der Waals surface area contributed by atoms with E-state index >= 15 is 0 Å². The summed E-state index contributed by atoms with van der Waals surface area (Å²) < 4.78 is 0. The summed E-state index contributed by atoms with van der Waals surface area (Å²) in [5.74, 6) is 1.06. The number of carbonyl (C=O) groups is 1. The third-order valence-electron chi connectivity index (χ3n) is 1.71. The molecule has 0 amide bonds. The molecule has 0 aromatic heterocycles. The fourth-order valence-electron chi connectivity index (χ4n) is 1.04. The molecule has 0 heterocycles. The molecule has 0 aromatic rings. The predicted molar refractivity (Wildman–Crippen MR) is 53.4 cm³/mol. The highest BCUT2D eigenvalue weighted by Gasteiger charge is 2.06. The molecule has 12 heavy (non-hydrogen) atoms. The summed E-state index contributed by atoms with van der Waals surface area (Å²) >= 11 is 4.08. The van der Waals surface area contributed by atoms with Gasteiger partial charge >= 0.3 is 0 Å². The highest BCUT2D eigenvalue weighted by Crippen LogP contribution is 2.08. The van der Waals surface area contributed by atoms with Gasteiger partial charge in [0.1, 0.15) is 0 Å². The second-order valence-corrected chi connectivity index (χ2v) is 3.13. The fraction of sp³-hybridized carbons (Fsp3) is 0.400. The smallest absolute Gasteiger partial charge is 0.170 e. The molecule has 0 spiro atoms. The summed E-state index contributed by atoms with van der Waals surface area (Å²) in [5.41, 5.74) is 3.61. The van der Waals surface area contributed by atoms with E-state index in [-0.39, 0.29) is 5.78 Å². The topological polar surface area (TPSA) is 17.1 Å². The Bertz CT molecular complexity index is 257. The minimum Gasteiger partial charge on any atom is -0.293 e. The lowest BCUT2D eigenvalue weighted by molar-refractivity contribution is -0.115. The van der Waals surface area contributed by atoms with Gasteiger partial charge in [0.15, 0.2) is 5.78 Å². The van der Waals surface area contributed by atoms with Crippen LogP contribution in [-0.2, 0) is 4.79 Å². The van der Waals surface area contributed by atoms with Crippen LogP contribution in [0.15, 0.2) is 29.5 Å². The Kier molecular flexibility index (Phi) is 3.92. The van der Waals surface area contributed by atoms with Crippen molar-refractivity contribution in [3.8, 4) is 0 Å².